The molecular formula is C31H36N4O5S. The van der Waals surface area contributed by atoms with Crippen LogP contribution in [-0.4, -0.2) is 78.7 Å². The number of carbonyl (C=O) groups excluding carboxylic acids is 2. The van der Waals surface area contributed by atoms with Gasteiger partial charge in [0, 0.05) is 31.9 Å². The molecule has 10 heteroatoms. The number of esters is 1. The summed E-state index contributed by atoms with van der Waals surface area (Å²) in [5.74, 6) is 0.785. The second-order valence-electron chi connectivity index (χ2n) is 10.2. The summed E-state index contributed by atoms with van der Waals surface area (Å²) in [6, 6.07) is 15.1. The minimum Gasteiger partial charge on any atom is -0.493 e. The van der Waals surface area contributed by atoms with Crippen molar-refractivity contribution in [3.8, 4) is 11.5 Å². The van der Waals surface area contributed by atoms with E-state index in [9.17, 15) is 9.59 Å². The molecule has 0 bridgehead atoms. The van der Waals surface area contributed by atoms with Gasteiger partial charge in [0.25, 0.3) is 0 Å². The predicted molar refractivity (Wildman–Crippen MR) is 159 cm³/mol. The zero-order chi connectivity index (χ0) is 28.9. The van der Waals surface area contributed by atoms with Gasteiger partial charge in [0.1, 0.15) is 6.61 Å². The smallest absolute Gasteiger partial charge is 0.338 e. The highest BCUT2D eigenvalue weighted by atomic mass is 32.2. The lowest BCUT2D eigenvalue weighted by atomic mass is 9.93. The normalized spacial score (nSPS) is 19.0. The number of thioether (sulfide) groups is 1. The molecule has 0 spiro atoms. The van der Waals surface area contributed by atoms with Crippen molar-refractivity contribution in [1.29, 1.82) is 0 Å². The first kappa shape index (κ1) is 28.8. The fourth-order valence-corrected chi connectivity index (χ4v) is 6.15. The standard InChI is InChI=1S/C31H36N4O5S/c1-5-39-30(37)28-21(2)32-31-35(24(20-41-31)18-27(36)34-15-13-33(3)14-16-34)29(28)23-11-12-25(26(17-23)38-4)40-19-22-9-7-6-8-10-22/h6-12,17,20,29H,5,13-16,18-19H2,1-4H3. The van der Waals surface area contributed by atoms with Crippen LogP contribution in [0.5, 0.6) is 11.5 Å². The lowest BCUT2D eigenvalue weighted by molar-refractivity contribution is -0.139. The van der Waals surface area contributed by atoms with Crippen LogP contribution < -0.4 is 9.47 Å². The van der Waals surface area contributed by atoms with E-state index in [1.807, 2.05) is 70.7 Å². The van der Waals surface area contributed by atoms with Gasteiger partial charge in [0.2, 0.25) is 5.91 Å². The van der Waals surface area contributed by atoms with Crippen LogP contribution in [0.25, 0.3) is 0 Å². The van der Waals surface area contributed by atoms with E-state index >= 15 is 0 Å². The number of rotatable bonds is 9. The number of fused-ring (bicyclic) bond motifs is 1. The summed E-state index contributed by atoms with van der Waals surface area (Å²) >= 11 is 1.46. The number of amides is 1. The summed E-state index contributed by atoms with van der Waals surface area (Å²) in [6.07, 6.45) is 0.219. The summed E-state index contributed by atoms with van der Waals surface area (Å²) in [4.78, 5) is 37.6. The number of piperazine rings is 1. The fourth-order valence-electron chi connectivity index (χ4n) is 5.19. The van der Waals surface area contributed by atoms with Crippen molar-refractivity contribution in [2.45, 2.75) is 32.9 Å². The zero-order valence-corrected chi connectivity index (χ0v) is 24.8. The third kappa shape index (κ3) is 6.28. The Bertz CT molecular complexity index is 1380. The number of methoxy groups -OCH3 is 1. The number of hydrogen-bond acceptors (Lipinski definition) is 9. The van der Waals surface area contributed by atoms with Gasteiger partial charge >= 0.3 is 5.97 Å². The summed E-state index contributed by atoms with van der Waals surface area (Å²) in [5.41, 5.74) is 3.69. The Morgan fingerprint density at radius 3 is 2.51 bits per heavy atom. The monoisotopic (exact) mass is 576 g/mol. The summed E-state index contributed by atoms with van der Waals surface area (Å²) in [7, 11) is 3.66. The van der Waals surface area contributed by atoms with Crippen LogP contribution in [0, 0.1) is 0 Å². The molecule has 41 heavy (non-hydrogen) atoms. The predicted octanol–water partition coefficient (Wildman–Crippen LogP) is 4.58. The van der Waals surface area contributed by atoms with Crippen molar-refractivity contribution in [3.63, 3.8) is 0 Å². The van der Waals surface area contributed by atoms with E-state index in [1.165, 1.54) is 11.8 Å². The summed E-state index contributed by atoms with van der Waals surface area (Å²) in [5, 5.41) is 2.69. The zero-order valence-electron chi connectivity index (χ0n) is 24.0. The van der Waals surface area contributed by atoms with Crippen LogP contribution >= 0.6 is 11.8 Å². The van der Waals surface area contributed by atoms with Crippen molar-refractivity contribution in [2.24, 2.45) is 4.99 Å². The first-order valence-electron chi connectivity index (χ1n) is 13.8. The topological polar surface area (TPSA) is 83.9 Å². The number of likely N-dealkylation sites (N-methyl/N-ethyl adjacent to an activating group) is 1. The first-order chi connectivity index (χ1) is 19.9. The molecular weight excluding hydrogens is 540 g/mol. The van der Waals surface area contributed by atoms with Gasteiger partial charge in [-0.25, -0.2) is 9.79 Å². The fraction of sp³-hybridized carbons (Fsp3) is 0.387. The van der Waals surface area contributed by atoms with Crippen LogP contribution in [0.15, 0.2) is 75.9 Å². The van der Waals surface area contributed by atoms with Crippen LogP contribution in [0.2, 0.25) is 0 Å². The first-order valence-corrected chi connectivity index (χ1v) is 14.7. The number of amidine groups is 1. The molecule has 3 aliphatic heterocycles. The highest BCUT2D eigenvalue weighted by Gasteiger charge is 2.41. The van der Waals surface area contributed by atoms with E-state index in [2.05, 4.69) is 11.9 Å². The number of hydrogen-bond donors (Lipinski definition) is 0. The number of carbonyl (C=O) groups is 2. The molecule has 1 amide bonds. The Labute approximate surface area is 245 Å². The van der Waals surface area contributed by atoms with Gasteiger partial charge < -0.3 is 28.9 Å². The largest absolute Gasteiger partial charge is 0.493 e. The van der Waals surface area contributed by atoms with Gasteiger partial charge in [-0.3, -0.25) is 4.79 Å². The Balaban J connectivity index is 1.46. The second-order valence-corrected chi connectivity index (χ2v) is 11.0. The third-order valence-electron chi connectivity index (χ3n) is 7.42. The minimum atomic E-state index is -0.542. The molecule has 0 aromatic heterocycles. The van der Waals surface area contributed by atoms with Crippen molar-refractivity contribution in [1.82, 2.24) is 14.7 Å². The molecule has 1 fully saturated rings. The summed E-state index contributed by atoms with van der Waals surface area (Å²) in [6.45, 7) is 7.36. The van der Waals surface area contributed by atoms with E-state index in [0.29, 0.717) is 42.5 Å². The van der Waals surface area contributed by atoms with E-state index < -0.39 is 12.0 Å². The molecule has 0 radical (unpaired) electrons. The van der Waals surface area contributed by atoms with Crippen LogP contribution in [0.1, 0.15) is 37.4 Å². The molecule has 5 rings (SSSR count). The molecule has 0 saturated carbocycles. The van der Waals surface area contributed by atoms with Gasteiger partial charge in [-0.05, 0) is 49.6 Å². The average molecular weight is 577 g/mol. The van der Waals surface area contributed by atoms with Gasteiger partial charge in [0.15, 0.2) is 16.7 Å². The molecule has 216 valence electrons. The van der Waals surface area contributed by atoms with E-state index in [0.717, 1.165) is 35.1 Å². The number of allylic oxidation sites excluding steroid dienone is 1. The maximum absolute atomic E-state index is 13.3. The number of ether oxygens (including phenoxy) is 3. The highest BCUT2D eigenvalue weighted by Crippen LogP contribution is 2.46. The molecule has 3 heterocycles. The molecule has 2 aromatic carbocycles. The van der Waals surface area contributed by atoms with Gasteiger partial charge in [-0.1, -0.05) is 48.2 Å². The quantitative estimate of drug-likeness (QED) is 0.402. The van der Waals surface area contributed by atoms with Crippen LogP contribution in [0.3, 0.4) is 0 Å². The number of aliphatic imine (C=N–C) groups is 1. The third-order valence-corrected chi connectivity index (χ3v) is 8.31. The molecule has 2 aromatic rings. The van der Waals surface area contributed by atoms with E-state index in [-0.39, 0.29) is 18.9 Å². The maximum atomic E-state index is 13.3. The molecule has 0 N–H and O–H groups in total. The van der Waals surface area contributed by atoms with Crippen molar-refractivity contribution >= 4 is 28.8 Å². The van der Waals surface area contributed by atoms with E-state index in [1.54, 1.807) is 14.0 Å². The molecule has 1 saturated heterocycles. The molecule has 9 nitrogen and oxygen atoms in total. The Kier molecular flexibility index (Phi) is 8.99. The summed E-state index contributed by atoms with van der Waals surface area (Å²) < 4.78 is 17.3. The highest BCUT2D eigenvalue weighted by molar-refractivity contribution is 8.16. The van der Waals surface area contributed by atoms with Crippen molar-refractivity contribution < 1.29 is 23.8 Å². The molecule has 1 unspecified atom stereocenters. The number of nitrogens with zero attached hydrogens (tertiary/aromatic N) is 4. The maximum Gasteiger partial charge on any atom is 0.338 e. The van der Waals surface area contributed by atoms with Crippen molar-refractivity contribution in [3.05, 3.63) is 82.0 Å². The molecule has 0 aliphatic carbocycles. The SMILES string of the molecule is CCOC(=O)C1=C(C)N=C2SC=C(CC(=O)N3CCN(C)CC3)N2C1c1ccc(OCc2ccccc2)c(OC)c1. The van der Waals surface area contributed by atoms with Gasteiger partial charge in [-0.2, -0.15) is 0 Å². The lowest BCUT2D eigenvalue weighted by Gasteiger charge is -2.37. The second kappa shape index (κ2) is 12.8. The average Bonchev–Trinajstić information content (AvgIpc) is 3.37. The van der Waals surface area contributed by atoms with Gasteiger partial charge in [0.05, 0.1) is 37.4 Å². The Morgan fingerprint density at radius 2 is 1.80 bits per heavy atom. The van der Waals surface area contributed by atoms with Crippen LogP contribution in [-0.2, 0) is 20.9 Å². The lowest BCUT2D eigenvalue weighted by Crippen LogP contribution is -2.47. The molecule has 1 atom stereocenters. The Hall–Kier alpha value is -3.76. The van der Waals surface area contributed by atoms with Gasteiger partial charge in [-0.15, -0.1) is 0 Å². The van der Waals surface area contributed by atoms with Crippen LogP contribution in [0.4, 0.5) is 0 Å². The molecule has 3 aliphatic rings. The Morgan fingerprint density at radius 1 is 1.05 bits per heavy atom. The minimum absolute atomic E-state index is 0.0659. The number of benzene rings is 2. The van der Waals surface area contributed by atoms with E-state index in [4.69, 9.17) is 19.2 Å². The van der Waals surface area contributed by atoms with Crippen molar-refractivity contribution in [2.75, 3.05) is 46.9 Å².